The summed E-state index contributed by atoms with van der Waals surface area (Å²) < 4.78 is 7.03. The van der Waals surface area contributed by atoms with E-state index in [1.165, 1.54) is 5.56 Å². The molecule has 3 rings (SSSR count). The van der Waals surface area contributed by atoms with Crippen molar-refractivity contribution in [3.05, 3.63) is 41.7 Å². The Labute approximate surface area is 142 Å². The van der Waals surface area contributed by atoms with Crippen molar-refractivity contribution in [2.45, 2.75) is 25.8 Å². The number of rotatable bonds is 5. The van der Waals surface area contributed by atoms with Crippen LogP contribution in [0.25, 0.3) is 0 Å². The summed E-state index contributed by atoms with van der Waals surface area (Å²) in [6.07, 6.45) is 3.99. The molecule has 0 unspecified atom stereocenters. The molecule has 1 aliphatic rings. The Hall–Kier alpha value is -2.34. The number of likely N-dealkylation sites (tertiary alicyclic amines) is 1. The number of ether oxygens (including phenoxy) is 1. The van der Waals surface area contributed by atoms with Gasteiger partial charge in [0, 0.05) is 19.3 Å². The number of nitrogens with zero attached hydrogens (tertiary/aromatic N) is 3. The van der Waals surface area contributed by atoms with Gasteiger partial charge in [0.1, 0.15) is 5.75 Å². The number of anilines is 1. The van der Waals surface area contributed by atoms with E-state index < -0.39 is 0 Å². The minimum atomic E-state index is 0.000830. The number of carbonyl (C=O) groups is 1. The fraction of sp³-hybridized carbons (Fsp3) is 0.444. The van der Waals surface area contributed by atoms with Crippen LogP contribution in [0.5, 0.6) is 5.75 Å². The fourth-order valence-corrected chi connectivity index (χ4v) is 3.34. The lowest BCUT2D eigenvalue weighted by Gasteiger charge is -2.24. The number of amides is 1. The van der Waals surface area contributed by atoms with E-state index in [-0.39, 0.29) is 11.9 Å². The molecule has 1 atom stereocenters. The maximum atomic E-state index is 12.4. The molecular formula is C18H24N4O2. The van der Waals surface area contributed by atoms with Crippen LogP contribution in [0.15, 0.2) is 30.5 Å². The maximum Gasteiger partial charge on any atom is 0.238 e. The number of aromatic nitrogens is 2. The Morgan fingerprint density at radius 3 is 3.00 bits per heavy atom. The van der Waals surface area contributed by atoms with Crippen molar-refractivity contribution >= 4 is 11.6 Å². The molecule has 0 saturated carbocycles. The first-order chi connectivity index (χ1) is 11.6. The van der Waals surface area contributed by atoms with E-state index in [1.807, 2.05) is 32.3 Å². The second-order valence-corrected chi connectivity index (χ2v) is 6.26. The van der Waals surface area contributed by atoms with Gasteiger partial charge in [-0.25, -0.2) is 0 Å². The molecule has 1 fully saturated rings. The molecule has 0 spiro atoms. The summed E-state index contributed by atoms with van der Waals surface area (Å²) in [5.74, 6) is 0.857. The SMILES string of the molecule is COc1cccc([C@H]2CCCN2CC(=O)Nc2cn(C)nc2C)c1. The normalized spacial score (nSPS) is 17.9. The van der Waals surface area contributed by atoms with Crippen LogP contribution in [0.1, 0.15) is 30.1 Å². The molecule has 0 radical (unpaired) electrons. The summed E-state index contributed by atoms with van der Waals surface area (Å²) in [6.45, 7) is 3.21. The van der Waals surface area contributed by atoms with E-state index in [4.69, 9.17) is 4.74 Å². The number of carbonyl (C=O) groups excluding carboxylic acids is 1. The molecular weight excluding hydrogens is 304 g/mol. The first kappa shape index (κ1) is 16.5. The van der Waals surface area contributed by atoms with Crippen LogP contribution in [0.3, 0.4) is 0 Å². The van der Waals surface area contributed by atoms with Crippen molar-refractivity contribution in [1.82, 2.24) is 14.7 Å². The molecule has 1 saturated heterocycles. The van der Waals surface area contributed by atoms with Gasteiger partial charge in [-0.15, -0.1) is 0 Å². The predicted octanol–water partition coefficient (Wildman–Crippen LogP) is 2.51. The molecule has 2 aromatic rings. The van der Waals surface area contributed by atoms with Gasteiger partial charge >= 0.3 is 0 Å². The van der Waals surface area contributed by atoms with Crippen molar-refractivity contribution in [1.29, 1.82) is 0 Å². The molecule has 1 amide bonds. The Kier molecular flexibility index (Phi) is 4.85. The zero-order valence-electron chi connectivity index (χ0n) is 14.5. The van der Waals surface area contributed by atoms with Crippen molar-refractivity contribution < 1.29 is 9.53 Å². The van der Waals surface area contributed by atoms with Gasteiger partial charge in [0.25, 0.3) is 0 Å². The van der Waals surface area contributed by atoms with Crippen molar-refractivity contribution in [3.63, 3.8) is 0 Å². The average Bonchev–Trinajstić information content (AvgIpc) is 3.14. The van der Waals surface area contributed by atoms with Gasteiger partial charge in [-0.05, 0) is 44.0 Å². The highest BCUT2D eigenvalue weighted by atomic mass is 16.5. The second kappa shape index (κ2) is 7.05. The topological polar surface area (TPSA) is 59.4 Å². The van der Waals surface area contributed by atoms with E-state index in [9.17, 15) is 4.79 Å². The molecule has 6 heteroatoms. The van der Waals surface area contributed by atoms with Gasteiger partial charge in [-0.2, -0.15) is 5.10 Å². The zero-order valence-corrected chi connectivity index (χ0v) is 14.5. The van der Waals surface area contributed by atoms with Crippen LogP contribution in [-0.2, 0) is 11.8 Å². The first-order valence-electron chi connectivity index (χ1n) is 8.25. The van der Waals surface area contributed by atoms with Gasteiger partial charge in [0.05, 0.1) is 25.0 Å². The summed E-state index contributed by atoms with van der Waals surface area (Å²) in [4.78, 5) is 14.6. The summed E-state index contributed by atoms with van der Waals surface area (Å²) >= 11 is 0. The monoisotopic (exact) mass is 328 g/mol. The van der Waals surface area contributed by atoms with Gasteiger partial charge in [0.15, 0.2) is 0 Å². The summed E-state index contributed by atoms with van der Waals surface area (Å²) in [6, 6.07) is 8.38. The molecule has 24 heavy (non-hydrogen) atoms. The van der Waals surface area contributed by atoms with Crippen LogP contribution in [0.4, 0.5) is 5.69 Å². The molecule has 1 aromatic heterocycles. The fourth-order valence-electron chi connectivity index (χ4n) is 3.34. The van der Waals surface area contributed by atoms with Crippen LogP contribution >= 0.6 is 0 Å². The van der Waals surface area contributed by atoms with Gasteiger partial charge < -0.3 is 10.1 Å². The van der Waals surface area contributed by atoms with E-state index in [0.717, 1.165) is 36.5 Å². The lowest BCUT2D eigenvalue weighted by molar-refractivity contribution is -0.117. The average molecular weight is 328 g/mol. The van der Waals surface area contributed by atoms with Crippen molar-refractivity contribution in [2.24, 2.45) is 7.05 Å². The lowest BCUT2D eigenvalue weighted by Crippen LogP contribution is -2.33. The Balaban J connectivity index is 1.67. The second-order valence-electron chi connectivity index (χ2n) is 6.26. The molecule has 128 valence electrons. The third-order valence-corrected chi connectivity index (χ3v) is 4.48. The highest BCUT2D eigenvalue weighted by Gasteiger charge is 2.28. The summed E-state index contributed by atoms with van der Waals surface area (Å²) in [7, 11) is 3.52. The Morgan fingerprint density at radius 2 is 2.29 bits per heavy atom. The first-order valence-corrected chi connectivity index (χ1v) is 8.25. The van der Waals surface area contributed by atoms with Gasteiger partial charge in [-0.1, -0.05) is 12.1 Å². The molecule has 0 bridgehead atoms. The molecule has 2 heterocycles. The molecule has 1 N–H and O–H groups in total. The van der Waals surface area contributed by atoms with Gasteiger partial charge in [0.2, 0.25) is 5.91 Å². The number of hydrogen-bond donors (Lipinski definition) is 1. The quantitative estimate of drug-likeness (QED) is 0.916. The van der Waals surface area contributed by atoms with E-state index in [2.05, 4.69) is 27.4 Å². The third-order valence-electron chi connectivity index (χ3n) is 4.48. The number of methoxy groups -OCH3 is 1. The van der Waals surface area contributed by atoms with E-state index >= 15 is 0 Å². The molecule has 1 aliphatic heterocycles. The minimum Gasteiger partial charge on any atom is -0.497 e. The van der Waals surface area contributed by atoms with Crippen LogP contribution in [0, 0.1) is 6.92 Å². The standard InChI is InChI=1S/C18H24N4O2/c1-13-16(11-21(2)20-13)19-18(23)12-22-9-5-8-17(22)14-6-4-7-15(10-14)24-3/h4,6-7,10-11,17H,5,8-9,12H2,1-3H3,(H,19,23)/t17-/m1/s1. The smallest absolute Gasteiger partial charge is 0.238 e. The number of hydrogen-bond acceptors (Lipinski definition) is 4. The number of aryl methyl sites for hydroxylation is 2. The van der Waals surface area contributed by atoms with E-state index in [0.29, 0.717) is 6.54 Å². The third kappa shape index (κ3) is 3.59. The minimum absolute atomic E-state index is 0.000830. The largest absolute Gasteiger partial charge is 0.497 e. The van der Waals surface area contributed by atoms with Crippen LogP contribution in [0.2, 0.25) is 0 Å². The molecule has 6 nitrogen and oxygen atoms in total. The van der Waals surface area contributed by atoms with Crippen LogP contribution in [-0.4, -0.2) is 40.8 Å². The summed E-state index contributed by atoms with van der Waals surface area (Å²) in [5.41, 5.74) is 2.81. The predicted molar refractivity (Wildman–Crippen MR) is 93.1 cm³/mol. The molecule has 1 aromatic carbocycles. The van der Waals surface area contributed by atoms with E-state index in [1.54, 1.807) is 11.8 Å². The Morgan fingerprint density at radius 1 is 1.46 bits per heavy atom. The zero-order chi connectivity index (χ0) is 17.1. The summed E-state index contributed by atoms with van der Waals surface area (Å²) in [5, 5.41) is 7.22. The van der Waals surface area contributed by atoms with Crippen molar-refractivity contribution in [3.8, 4) is 5.75 Å². The Bertz CT molecular complexity index is 726. The van der Waals surface area contributed by atoms with Gasteiger partial charge in [-0.3, -0.25) is 14.4 Å². The lowest BCUT2D eigenvalue weighted by atomic mass is 10.0. The van der Waals surface area contributed by atoms with Crippen LogP contribution < -0.4 is 10.1 Å². The van der Waals surface area contributed by atoms with Crippen molar-refractivity contribution in [2.75, 3.05) is 25.5 Å². The highest BCUT2D eigenvalue weighted by Crippen LogP contribution is 2.33. The number of benzene rings is 1. The maximum absolute atomic E-state index is 12.4. The number of nitrogens with one attached hydrogen (secondary N) is 1. The highest BCUT2D eigenvalue weighted by molar-refractivity contribution is 5.92. The molecule has 0 aliphatic carbocycles.